The molecule has 214 valence electrons. The number of nitrogens with zero attached hydrogens (tertiary/aromatic N) is 2. The Kier molecular flexibility index (Phi) is 7.86. The van der Waals surface area contributed by atoms with Crippen molar-refractivity contribution in [2.45, 2.75) is 31.8 Å². The molecule has 4 atom stereocenters. The Bertz CT molecular complexity index is 1690. The van der Waals surface area contributed by atoms with Crippen LogP contribution in [0.1, 0.15) is 43.9 Å². The van der Waals surface area contributed by atoms with Crippen LogP contribution in [-0.2, 0) is 4.79 Å². The molecule has 0 spiro atoms. The van der Waals surface area contributed by atoms with E-state index >= 15 is 0 Å². The van der Waals surface area contributed by atoms with Gasteiger partial charge in [-0.3, -0.25) is 19.7 Å². The van der Waals surface area contributed by atoms with E-state index in [0.717, 1.165) is 5.56 Å². The number of anilines is 1. The van der Waals surface area contributed by atoms with Crippen molar-refractivity contribution in [1.82, 2.24) is 4.90 Å². The number of hydrogen-bond acceptors (Lipinski definition) is 6. The number of non-ortho nitro benzene ring substituents is 1. The van der Waals surface area contributed by atoms with Crippen molar-refractivity contribution in [1.29, 1.82) is 0 Å². The summed E-state index contributed by atoms with van der Waals surface area (Å²) in [6.45, 7) is 3.64. The number of nitro groups is 1. The zero-order valence-electron chi connectivity index (χ0n) is 22.7. The fourth-order valence-corrected chi connectivity index (χ4v) is 6.86. The highest BCUT2D eigenvalue weighted by molar-refractivity contribution is 7.10. The van der Waals surface area contributed by atoms with Crippen LogP contribution in [0.5, 0.6) is 0 Å². The number of hydrogen-bond donors (Lipinski definition) is 2. The van der Waals surface area contributed by atoms with Crippen LogP contribution in [0.2, 0.25) is 0 Å². The third-order valence-electron chi connectivity index (χ3n) is 7.63. The van der Waals surface area contributed by atoms with Crippen LogP contribution in [0, 0.1) is 35.7 Å². The summed E-state index contributed by atoms with van der Waals surface area (Å²) in [6, 6.07) is 16.5. The summed E-state index contributed by atoms with van der Waals surface area (Å²) in [7, 11) is 0. The largest absolute Gasteiger partial charge is 0.368 e. The number of benzene rings is 3. The van der Waals surface area contributed by atoms with Gasteiger partial charge in [0.15, 0.2) is 5.78 Å². The zero-order chi connectivity index (χ0) is 30.1. The fourth-order valence-electron chi connectivity index (χ4n) is 5.76. The highest BCUT2D eigenvalue weighted by Gasteiger charge is 2.58. The van der Waals surface area contributed by atoms with Gasteiger partial charge in [0.25, 0.3) is 5.69 Å². The monoisotopic (exact) mass is 586 g/mol. The molecule has 5 rings (SSSR count). The number of halogens is 1. The summed E-state index contributed by atoms with van der Waals surface area (Å²) in [6.07, 6.45) is 0. The van der Waals surface area contributed by atoms with Gasteiger partial charge in [0.1, 0.15) is 11.9 Å². The summed E-state index contributed by atoms with van der Waals surface area (Å²) >= 11 is 1.34. The lowest BCUT2D eigenvalue weighted by Gasteiger charge is -2.31. The van der Waals surface area contributed by atoms with Crippen LogP contribution in [0.4, 0.5) is 20.6 Å². The van der Waals surface area contributed by atoms with Crippen LogP contribution in [-0.4, -0.2) is 33.6 Å². The van der Waals surface area contributed by atoms with Crippen LogP contribution in [0.25, 0.3) is 0 Å². The molecule has 0 bridgehead atoms. The number of amides is 3. The Labute approximate surface area is 244 Å². The van der Waals surface area contributed by atoms with Crippen molar-refractivity contribution in [3.05, 3.63) is 127 Å². The lowest BCUT2D eigenvalue weighted by Crippen LogP contribution is -2.48. The summed E-state index contributed by atoms with van der Waals surface area (Å²) < 4.78 is 13.6. The maximum Gasteiger partial charge on any atom is 0.323 e. The smallest absolute Gasteiger partial charge is 0.323 e. The van der Waals surface area contributed by atoms with Crippen LogP contribution in [0.3, 0.4) is 0 Å². The minimum atomic E-state index is -1.29. The molecule has 1 saturated heterocycles. The number of ketones is 1. The maximum absolute atomic E-state index is 14.5. The minimum absolute atomic E-state index is 0.236. The lowest BCUT2D eigenvalue weighted by molar-refractivity contribution is -0.385. The molecule has 2 heterocycles. The Morgan fingerprint density at radius 3 is 2.31 bits per heavy atom. The molecule has 0 saturated carbocycles. The molecule has 3 amide bonds. The van der Waals surface area contributed by atoms with Crippen molar-refractivity contribution < 1.29 is 23.7 Å². The van der Waals surface area contributed by atoms with E-state index in [1.165, 1.54) is 58.7 Å². The van der Waals surface area contributed by atoms with E-state index in [1.807, 2.05) is 18.4 Å². The van der Waals surface area contributed by atoms with Gasteiger partial charge >= 0.3 is 6.03 Å². The number of nitrogens with two attached hydrogens (primary N) is 1. The van der Waals surface area contributed by atoms with Gasteiger partial charge in [-0.15, -0.1) is 11.3 Å². The molecule has 3 N–H and O–H groups in total. The van der Waals surface area contributed by atoms with Gasteiger partial charge in [0, 0.05) is 34.2 Å². The van der Waals surface area contributed by atoms with E-state index in [-0.39, 0.29) is 17.2 Å². The van der Waals surface area contributed by atoms with Gasteiger partial charge in [0.05, 0.1) is 16.9 Å². The second-order valence-electron chi connectivity index (χ2n) is 10.2. The topological polar surface area (TPSA) is 136 Å². The molecule has 3 aromatic carbocycles. The van der Waals surface area contributed by atoms with E-state index < -0.39 is 46.6 Å². The Morgan fingerprint density at radius 1 is 0.976 bits per heavy atom. The van der Waals surface area contributed by atoms with Gasteiger partial charge in [0.2, 0.25) is 5.91 Å². The Hall–Kier alpha value is -4.90. The standard InChI is InChI=1S/C31H27FN4O5S/c1-17-6-3-4-9-23(17)28(37)24-25(29-18(2)14-15-42-29)27(30(33)38)35(31(39)34-21-12-10-20(32)11-13-21)26(24)19-7-5-8-22(16-19)36(40)41/h3-16,24-27H,1-2H3,(H2,33,38)(H,34,39). The predicted molar refractivity (Wildman–Crippen MR) is 157 cm³/mol. The SMILES string of the molecule is Cc1ccccc1C(=O)C1C(c2sccc2C)C(C(N)=O)N(C(=O)Nc2ccc(F)cc2)C1c1cccc([N+](=O)[O-])c1. The van der Waals surface area contributed by atoms with Gasteiger partial charge < -0.3 is 16.0 Å². The molecule has 0 radical (unpaired) electrons. The molecule has 9 nitrogen and oxygen atoms in total. The molecule has 1 aliphatic heterocycles. The molecule has 1 fully saturated rings. The predicted octanol–water partition coefficient (Wildman–Crippen LogP) is 6.14. The second kappa shape index (κ2) is 11.5. The highest BCUT2D eigenvalue weighted by atomic mass is 32.1. The Morgan fingerprint density at radius 2 is 1.69 bits per heavy atom. The number of Topliss-reactive ketones (excluding diaryl/α,β-unsaturated/α-hetero) is 1. The maximum atomic E-state index is 14.5. The van der Waals surface area contributed by atoms with Crippen molar-refractivity contribution >= 4 is 40.4 Å². The van der Waals surface area contributed by atoms with Crippen LogP contribution < -0.4 is 11.1 Å². The van der Waals surface area contributed by atoms with Gasteiger partial charge in [-0.05, 0) is 66.2 Å². The van der Waals surface area contributed by atoms with Gasteiger partial charge in [-0.2, -0.15) is 0 Å². The number of thiophene rings is 1. The third-order valence-corrected chi connectivity index (χ3v) is 8.75. The lowest BCUT2D eigenvalue weighted by atomic mass is 9.77. The number of likely N-dealkylation sites (tertiary alicyclic amines) is 1. The normalized spacial score (nSPS) is 19.8. The van der Waals surface area contributed by atoms with Crippen molar-refractivity contribution in [2.24, 2.45) is 11.7 Å². The first-order valence-corrected chi connectivity index (χ1v) is 14.0. The Balaban J connectivity index is 1.76. The van der Waals surface area contributed by atoms with Gasteiger partial charge in [-0.1, -0.05) is 36.4 Å². The van der Waals surface area contributed by atoms with Crippen molar-refractivity contribution in [3.8, 4) is 0 Å². The number of carbonyl (C=O) groups is 3. The molecule has 0 aliphatic carbocycles. The van der Waals surface area contributed by atoms with E-state index in [9.17, 15) is 28.9 Å². The quantitative estimate of drug-likeness (QED) is 0.152. The van der Waals surface area contributed by atoms with E-state index in [4.69, 9.17) is 5.73 Å². The molecule has 11 heteroatoms. The summed E-state index contributed by atoms with van der Waals surface area (Å²) in [5.74, 6) is -3.54. The van der Waals surface area contributed by atoms with Crippen molar-refractivity contribution in [2.75, 3.05) is 5.32 Å². The number of aryl methyl sites for hydroxylation is 2. The third kappa shape index (κ3) is 5.26. The molecule has 1 aromatic heterocycles. The average molecular weight is 587 g/mol. The second-order valence-corrected chi connectivity index (χ2v) is 11.1. The molecule has 4 aromatic rings. The summed E-state index contributed by atoms with van der Waals surface area (Å²) in [4.78, 5) is 55.0. The first kappa shape index (κ1) is 28.6. The molecule has 1 aliphatic rings. The van der Waals surface area contributed by atoms with Gasteiger partial charge in [-0.25, -0.2) is 9.18 Å². The average Bonchev–Trinajstić information content (AvgIpc) is 3.55. The first-order chi connectivity index (χ1) is 20.1. The molecular formula is C31H27FN4O5S. The summed E-state index contributed by atoms with van der Waals surface area (Å²) in [5.41, 5.74) is 8.24. The minimum Gasteiger partial charge on any atom is -0.368 e. The van der Waals surface area contributed by atoms with Crippen LogP contribution >= 0.6 is 11.3 Å². The summed E-state index contributed by atoms with van der Waals surface area (Å²) in [5, 5.41) is 16.3. The fraction of sp³-hybridized carbons (Fsp3) is 0.194. The van der Waals surface area contributed by atoms with Crippen LogP contribution in [0.15, 0.2) is 84.2 Å². The highest BCUT2D eigenvalue weighted by Crippen LogP contribution is 2.53. The number of urea groups is 1. The first-order valence-electron chi connectivity index (χ1n) is 13.1. The van der Waals surface area contributed by atoms with E-state index in [2.05, 4.69) is 5.32 Å². The molecule has 42 heavy (non-hydrogen) atoms. The van der Waals surface area contributed by atoms with Crippen molar-refractivity contribution in [3.63, 3.8) is 0 Å². The number of rotatable bonds is 7. The van der Waals surface area contributed by atoms with E-state index in [0.29, 0.717) is 21.6 Å². The number of nitro benzene ring substituents is 1. The number of primary amides is 1. The zero-order valence-corrected chi connectivity index (χ0v) is 23.5. The van der Waals surface area contributed by atoms with E-state index in [1.54, 1.807) is 37.3 Å². The molecular weight excluding hydrogens is 559 g/mol. The number of nitrogens with one attached hydrogen (secondary N) is 1. The molecule has 4 unspecified atom stereocenters. The number of carbonyl (C=O) groups excluding carboxylic acids is 3.